The first kappa shape index (κ1) is 18.2. The van der Waals surface area contributed by atoms with Gasteiger partial charge in [-0.3, -0.25) is 4.98 Å². The smallest absolute Gasteiger partial charge is 0.223 e. The normalized spacial score (nSPS) is 11.3. The molecule has 0 aliphatic rings. The molecule has 3 aromatic rings. The third-order valence-corrected chi connectivity index (χ3v) is 4.23. The van der Waals surface area contributed by atoms with Crippen molar-refractivity contribution in [1.29, 1.82) is 0 Å². The van der Waals surface area contributed by atoms with E-state index < -0.39 is 0 Å². The van der Waals surface area contributed by atoms with Gasteiger partial charge in [0, 0.05) is 27.4 Å². The van der Waals surface area contributed by atoms with Gasteiger partial charge in [0.15, 0.2) is 0 Å². The minimum Gasteiger partial charge on any atom is -0.480 e. The second-order valence-electron chi connectivity index (χ2n) is 5.48. The third-order valence-electron chi connectivity index (χ3n) is 3.74. The van der Waals surface area contributed by atoms with Crippen molar-refractivity contribution >= 4 is 34.8 Å². The average molecular weight is 383 g/mol. The highest BCUT2D eigenvalue weighted by molar-refractivity contribution is 6.31. The summed E-state index contributed by atoms with van der Waals surface area (Å²) in [6.07, 6.45) is 1.73. The number of halogens is 2. The summed E-state index contributed by atoms with van der Waals surface area (Å²) in [6, 6.07) is 18.6. The number of aromatic nitrogens is 1. The molecule has 0 fully saturated rings. The summed E-state index contributed by atoms with van der Waals surface area (Å²) in [5.74, 6) is 0.424. The summed E-state index contributed by atoms with van der Waals surface area (Å²) in [7, 11) is 1.57. The van der Waals surface area contributed by atoms with E-state index in [1.807, 2.05) is 54.6 Å². The highest BCUT2D eigenvalue weighted by Gasteiger charge is 2.13. The molecule has 0 saturated heterocycles. The fraction of sp³-hybridized carbons (Fsp3) is 0.0476. The Bertz CT molecular complexity index is 966. The van der Waals surface area contributed by atoms with Crippen LogP contribution < -0.4 is 0 Å². The van der Waals surface area contributed by atoms with Crippen LogP contribution in [0.3, 0.4) is 0 Å². The zero-order valence-corrected chi connectivity index (χ0v) is 15.6. The molecule has 0 saturated carbocycles. The maximum atomic E-state index is 6.05. The van der Waals surface area contributed by atoms with Crippen molar-refractivity contribution in [1.82, 2.24) is 4.98 Å². The van der Waals surface area contributed by atoms with Gasteiger partial charge in [0.1, 0.15) is 0 Å². The Labute approximate surface area is 162 Å². The van der Waals surface area contributed by atoms with E-state index in [1.54, 1.807) is 19.4 Å². The topological polar surface area (TPSA) is 34.5 Å². The van der Waals surface area contributed by atoms with E-state index in [0.717, 1.165) is 22.4 Å². The number of aliphatic imine (C=N–C) groups is 1. The van der Waals surface area contributed by atoms with Crippen LogP contribution in [-0.4, -0.2) is 18.0 Å². The predicted molar refractivity (Wildman–Crippen MR) is 109 cm³/mol. The molecular weight excluding hydrogens is 367 g/mol. The largest absolute Gasteiger partial charge is 0.480 e. The first-order valence-corrected chi connectivity index (χ1v) is 8.63. The Kier molecular flexibility index (Phi) is 5.71. The van der Waals surface area contributed by atoms with Crippen LogP contribution in [0.25, 0.3) is 17.0 Å². The zero-order chi connectivity index (χ0) is 18.5. The quantitative estimate of drug-likeness (QED) is 0.402. The fourth-order valence-corrected chi connectivity index (χ4v) is 2.80. The monoisotopic (exact) mass is 382 g/mol. The average Bonchev–Trinajstić information content (AvgIpc) is 2.66. The van der Waals surface area contributed by atoms with E-state index in [-0.39, 0.29) is 0 Å². The van der Waals surface area contributed by atoms with Crippen molar-refractivity contribution < 1.29 is 4.74 Å². The molecule has 0 radical (unpaired) electrons. The zero-order valence-electron chi connectivity index (χ0n) is 14.1. The van der Waals surface area contributed by atoms with Crippen LogP contribution in [0.15, 0.2) is 78.4 Å². The SMILES string of the molecule is C=C(N=C(OC)c1cccnc1-c1ccc(Cl)cc1)c1cccc(Cl)c1. The Morgan fingerprint density at radius 1 is 1.00 bits per heavy atom. The van der Waals surface area contributed by atoms with Gasteiger partial charge in [0.25, 0.3) is 0 Å². The summed E-state index contributed by atoms with van der Waals surface area (Å²) in [4.78, 5) is 9.04. The Hall–Kier alpha value is -2.62. The first-order valence-electron chi connectivity index (χ1n) is 7.87. The molecule has 0 amide bonds. The van der Waals surface area contributed by atoms with E-state index >= 15 is 0 Å². The molecule has 0 aliphatic heterocycles. The molecule has 1 heterocycles. The van der Waals surface area contributed by atoms with Crippen LogP contribution in [-0.2, 0) is 4.74 Å². The lowest BCUT2D eigenvalue weighted by Crippen LogP contribution is -2.07. The summed E-state index contributed by atoms with van der Waals surface area (Å²) in [6.45, 7) is 4.03. The van der Waals surface area contributed by atoms with Gasteiger partial charge in [-0.25, -0.2) is 4.99 Å². The molecule has 5 heteroatoms. The minimum absolute atomic E-state index is 0.424. The van der Waals surface area contributed by atoms with Gasteiger partial charge in [-0.1, -0.05) is 54.0 Å². The van der Waals surface area contributed by atoms with Gasteiger partial charge in [-0.05, 0) is 36.4 Å². The Morgan fingerprint density at radius 3 is 2.46 bits per heavy atom. The van der Waals surface area contributed by atoms with Crippen molar-refractivity contribution in [3.05, 3.63) is 94.6 Å². The second kappa shape index (κ2) is 8.17. The van der Waals surface area contributed by atoms with Crippen LogP contribution in [0.4, 0.5) is 0 Å². The lowest BCUT2D eigenvalue weighted by molar-refractivity contribution is 0.405. The highest BCUT2D eigenvalue weighted by atomic mass is 35.5. The van der Waals surface area contributed by atoms with E-state index in [2.05, 4.69) is 16.6 Å². The van der Waals surface area contributed by atoms with Gasteiger partial charge in [0.2, 0.25) is 5.90 Å². The number of benzene rings is 2. The number of hydrogen-bond donors (Lipinski definition) is 0. The second-order valence-corrected chi connectivity index (χ2v) is 6.36. The van der Waals surface area contributed by atoms with E-state index in [1.165, 1.54) is 0 Å². The molecule has 0 atom stereocenters. The number of pyridine rings is 1. The highest BCUT2D eigenvalue weighted by Crippen LogP contribution is 2.25. The van der Waals surface area contributed by atoms with Gasteiger partial charge >= 0.3 is 0 Å². The van der Waals surface area contributed by atoms with Crippen LogP contribution in [0, 0.1) is 0 Å². The first-order chi connectivity index (χ1) is 12.6. The molecule has 0 aliphatic carbocycles. The summed E-state index contributed by atoms with van der Waals surface area (Å²) in [5, 5.41) is 1.29. The minimum atomic E-state index is 0.424. The summed E-state index contributed by atoms with van der Waals surface area (Å²) >= 11 is 12.0. The van der Waals surface area contributed by atoms with Crippen LogP contribution in [0.1, 0.15) is 11.1 Å². The molecule has 3 rings (SSSR count). The standard InChI is InChI=1S/C21H16Cl2N2O/c1-14(16-5-3-6-18(23)13-16)25-21(26-2)19-7-4-12-24-20(19)15-8-10-17(22)11-9-15/h3-13H,1H2,2H3. The van der Waals surface area contributed by atoms with Crippen LogP contribution >= 0.6 is 23.2 Å². The number of nitrogens with zero attached hydrogens (tertiary/aromatic N) is 2. The molecule has 130 valence electrons. The Balaban J connectivity index is 2.03. The van der Waals surface area contributed by atoms with Gasteiger partial charge in [0.05, 0.1) is 24.1 Å². The molecule has 0 bridgehead atoms. The lowest BCUT2D eigenvalue weighted by Gasteiger charge is -2.11. The molecular formula is C21H16Cl2N2O. The van der Waals surface area contributed by atoms with Crippen LogP contribution in [0.2, 0.25) is 10.0 Å². The van der Waals surface area contributed by atoms with Gasteiger partial charge in [-0.2, -0.15) is 0 Å². The Morgan fingerprint density at radius 2 is 1.77 bits per heavy atom. The van der Waals surface area contributed by atoms with Gasteiger partial charge in [-0.15, -0.1) is 0 Å². The summed E-state index contributed by atoms with van der Waals surface area (Å²) < 4.78 is 5.53. The van der Waals surface area contributed by atoms with E-state index in [0.29, 0.717) is 21.6 Å². The van der Waals surface area contributed by atoms with Gasteiger partial charge < -0.3 is 4.74 Å². The van der Waals surface area contributed by atoms with Crippen molar-refractivity contribution in [2.45, 2.75) is 0 Å². The number of rotatable bonds is 4. The van der Waals surface area contributed by atoms with E-state index in [4.69, 9.17) is 27.9 Å². The molecule has 0 N–H and O–H groups in total. The summed E-state index contributed by atoms with van der Waals surface area (Å²) in [5.41, 5.74) is 3.81. The van der Waals surface area contributed by atoms with E-state index in [9.17, 15) is 0 Å². The number of ether oxygens (including phenoxy) is 1. The van der Waals surface area contributed by atoms with Crippen molar-refractivity contribution in [3.63, 3.8) is 0 Å². The molecule has 3 nitrogen and oxygen atoms in total. The number of hydrogen-bond acceptors (Lipinski definition) is 3. The predicted octanol–water partition coefficient (Wildman–Crippen LogP) is 6.12. The molecule has 0 spiro atoms. The molecule has 1 aromatic heterocycles. The maximum absolute atomic E-state index is 6.05. The lowest BCUT2D eigenvalue weighted by atomic mass is 10.1. The molecule has 2 aromatic carbocycles. The maximum Gasteiger partial charge on any atom is 0.223 e. The van der Waals surface area contributed by atoms with Crippen molar-refractivity contribution in [3.8, 4) is 11.3 Å². The van der Waals surface area contributed by atoms with Crippen molar-refractivity contribution in [2.75, 3.05) is 7.11 Å². The van der Waals surface area contributed by atoms with Crippen LogP contribution in [0.5, 0.6) is 0 Å². The number of methoxy groups -OCH3 is 1. The van der Waals surface area contributed by atoms with Crippen molar-refractivity contribution in [2.24, 2.45) is 4.99 Å². The fourth-order valence-electron chi connectivity index (χ4n) is 2.49. The molecule has 26 heavy (non-hydrogen) atoms. The molecule has 0 unspecified atom stereocenters. The third kappa shape index (κ3) is 4.13.